The zero-order chi connectivity index (χ0) is 11.8. The number of rotatable bonds is 1. The molecular formula is C13H16FNO2. The molecule has 2 aliphatic heterocycles. The van der Waals surface area contributed by atoms with Crippen LogP contribution in [0.5, 0.6) is 5.75 Å². The summed E-state index contributed by atoms with van der Waals surface area (Å²) in [6.07, 6.45) is 1.86. The molecule has 0 aromatic heterocycles. The van der Waals surface area contributed by atoms with Crippen LogP contribution in [0.25, 0.3) is 0 Å². The maximum atomic E-state index is 13.1. The van der Waals surface area contributed by atoms with Crippen molar-refractivity contribution in [2.75, 3.05) is 13.2 Å². The Balaban J connectivity index is 1.84. The van der Waals surface area contributed by atoms with Crippen LogP contribution in [0.4, 0.5) is 4.39 Å². The average Bonchev–Trinajstić information content (AvgIpc) is 2.83. The molecule has 92 valence electrons. The van der Waals surface area contributed by atoms with E-state index in [0.29, 0.717) is 5.92 Å². The van der Waals surface area contributed by atoms with Crippen LogP contribution >= 0.6 is 0 Å². The lowest BCUT2D eigenvalue weighted by Gasteiger charge is -2.33. The van der Waals surface area contributed by atoms with Crippen molar-refractivity contribution in [2.45, 2.75) is 25.0 Å². The summed E-state index contributed by atoms with van der Waals surface area (Å²) in [6, 6.07) is 4.42. The molecule has 0 radical (unpaired) electrons. The van der Waals surface area contributed by atoms with Crippen LogP contribution in [0.2, 0.25) is 0 Å². The van der Waals surface area contributed by atoms with E-state index in [4.69, 9.17) is 15.2 Å². The largest absolute Gasteiger partial charge is 0.490 e. The SMILES string of the molecule is N[C@H]1CC(C2CCOC2)Oc2ccc(F)cc21. The van der Waals surface area contributed by atoms with Gasteiger partial charge in [0.2, 0.25) is 0 Å². The van der Waals surface area contributed by atoms with E-state index >= 15 is 0 Å². The van der Waals surface area contributed by atoms with E-state index in [9.17, 15) is 4.39 Å². The Hall–Kier alpha value is -1.13. The molecule has 0 spiro atoms. The minimum atomic E-state index is -0.259. The highest BCUT2D eigenvalue weighted by Crippen LogP contribution is 2.37. The molecular weight excluding hydrogens is 221 g/mol. The highest BCUT2D eigenvalue weighted by Gasteiger charge is 2.33. The van der Waals surface area contributed by atoms with Crippen molar-refractivity contribution in [3.05, 3.63) is 29.6 Å². The molecule has 2 N–H and O–H groups in total. The minimum absolute atomic E-state index is 0.102. The first kappa shape index (κ1) is 11.0. The summed E-state index contributed by atoms with van der Waals surface area (Å²) in [5.41, 5.74) is 6.86. The van der Waals surface area contributed by atoms with Crippen LogP contribution in [0, 0.1) is 11.7 Å². The van der Waals surface area contributed by atoms with Crippen LogP contribution in [-0.2, 0) is 4.74 Å². The van der Waals surface area contributed by atoms with E-state index in [1.165, 1.54) is 12.1 Å². The first-order valence-corrected chi connectivity index (χ1v) is 6.03. The summed E-state index contributed by atoms with van der Waals surface area (Å²) in [7, 11) is 0. The monoisotopic (exact) mass is 237 g/mol. The first-order chi connectivity index (χ1) is 8.24. The molecule has 0 bridgehead atoms. The van der Waals surface area contributed by atoms with Gasteiger partial charge in [-0.25, -0.2) is 4.39 Å². The second-order valence-electron chi connectivity index (χ2n) is 4.80. The van der Waals surface area contributed by atoms with Crippen LogP contribution < -0.4 is 10.5 Å². The van der Waals surface area contributed by atoms with Crippen molar-refractivity contribution in [1.29, 1.82) is 0 Å². The Morgan fingerprint density at radius 2 is 2.24 bits per heavy atom. The maximum absolute atomic E-state index is 13.1. The third kappa shape index (κ3) is 2.03. The van der Waals surface area contributed by atoms with Crippen molar-refractivity contribution >= 4 is 0 Å². The maximum Gasteiger partial charge on any atom is 0.124 e. The number of hydrogen-bond acceptors (Lipinski definition) is 3. The molecule has 2 unspecified atom stereocenters. The molecule has 1 aromatic rings. The third-order valence-corrected chi connectivity index (χ3v) is 3.63. The first-order valence-electron chi connectivity index (χ1n) is 6.03. The van der Waals surface area contributed by atoms with E-state index in [1.807, 2.05) is 0 Å². The fraction of sp³-hybridized carbons (Fsp3) is 0.538. The number of fused-ring (bicyclic) bond motifs is 1. The van der Waals surface area contributed by atoms with Gasteiger partial charge < -0.3 is 15.2 Å². The number of hydrogen-bond donors (Lipinski definition) is 1. The molecule has 1 aromatic carbocycles. The van der Waals surface area contributed by atoms with Gasteiger partial charge in [-0.1, -0.05) is 0 Å². The van der Waals surface area contributed by atoms with Crippen LogP contribution in [0.3, 0.4) is 0 Å². The van der Waals surface area contributed by atoms with Gasteiger partial charge >= 0.3 is 0 Å². The zero-order valence-corrected chi connectivity index (χ0v) is 9.56. The second-order valence-corrected chi connectivity index (χ2v) is 4.80. The number of halogens is 1. The average molecular weight is 237 g/mol. The Kier molecular flexibility index (Phi) is 2.76. The number of nitrogens with two attached hydrogens (primary N) is 1. The highest BCUT2D eigenvalue weighted by atomic mass is 19.1. The van der Waals surface area contributed by atoms with Crippen molar-refractivity contribution in [1.82, 2.24) is 0 Å². The van der Waals surface area contributed by atoms with Gasteiger partial charge in [-0.15, -0.1) is 0 Å². The number of ether oxygens (including phenoxy) is 2. The number of benzene rings is 1. The molecule has 0 amide bonds. The predicted molar refractivity (Wildman–Crippen MR) is 61.3 cm³/mol. The van der Waals surface area contributed by atoms with E-state index in [2.05, 4.69) is 0 Å². The van der Waals surface area contributed by atoms with Crippen LogP contribution in [0.1, 0.15) is 24.4 Å². The molecule has 3 nitrogen and oxygen atoms in total. The Labute approximate surface area is 99.7 Å². The highest BCUT2D eigenvalue weighted by molar-refractivity contribution is 5.38. The van der Waals surface area contributed by atoms with E-state index in [-0.39, 0.29) is 18.0 Å². The molecule has 3 rings (SSSR count). The van der Waals surface area contributed by atoms with Gasteiger partial charge in [-0.2, -0.15) is 0 Å². The van der Waals surface area contributed by atoms with Crippen LogP contribution in [-0.4, -0.2) is 19.3 Å². The second kappa shape index (κ2) is 4.27. The summed E-state index contributed by atoms with van der Waals surface area (Å²) < 4.78 is 24.4. The summed E-state index contributed by atoms with van der Waals surface area (Å²) in [6.45, 7) is 1.55. The van der Waals surface area contributed by atoms with Gasteiger partial charge in [0, 0.05) is 30.6 Å². The summed E-state index contributed by atoms with van der Waals surface area (Å²) in [5, 5.41) is 0. The minimum Gasteiger partial charge on any atom is -0.490 e. The predicted octanol–water partition coefficient (Wildman–Crippen LogP) is 2.01. The van der Waals surface area contributed by atoms with E-state index < -0.39 is 0 Å². The quantitative estimate of drug-likeness (QED) is 0.812. The normalized spacial score (nSPS) is 32.0. The van der Waals surface area contributed by atoms with Crippen molar-refractivity contribution < 1.29 is 13.9 Å². The lowest BCUT2D eigenvalue weighted by Crippen LogP contribution is -2.35. The molecule has 3 atom stereocenters. The Morgan fingerprint density at radius 3 is 3.00 bits per heavy atom. The topological polar surface area (TPSA) is 44.5 Å². The Morgan fingerprint density at radius 1 is 1.35 bits per heavy atom. The fourth-order valence-electron chi connectivity index (χ4n) is 2.64. The molecule has 1 saturated heterocycles. The van der Waals surface area contributed by atoms with E-state index in [1.54, 1.807) is 6.07 Å². The van der Waals surface area contributed by atoms with Crippen molar-refractivity contribution in [3.63, 3.8) is 0 Å². The Bertz CT molecular complexity index is 418. The van der Waals surface area contributed by atoms with Crippen molar-refractivity contribution in [2.24, 2.45) is 11.7 Å². The molecule has 17 heavy (non-hydrogen) atoms. The lowest BCUT2D eigenvalue weighted by molar-refractivity contribution is 0.0853. The molecule has 2 heterocycles. The van der Waals surface area contributed by atoms with Gasteiger partial charge in [0.05, 0.1) is 6.61 Å². The van der Waals surface area contributed by atoms with E-state index in [0.717, 1.165) is 37.4 Å². The van der Waals surface area contributed by atoms with Gasteiger partial charge in [0.25, 0.3) is 0 Å². The molecule has 0 aliphatic carbocycles. The summed E-state index contributed by atoms with van der Waals surface area (Å²) in [4.78, 5) is 0. The van der Waals surface area contributed by atoms with Crippen molar-refractivity contribution in [3.8, 4) is 5.75 Å². The molecule has 4 heteroatoms. The molecule has 2 aliphatic rings. The molecule has 1 fully saturated rings. The summed E-state index contributed by atoms with van der Waals surface area (Å²) in [5.74, 6) is 0.881. The third-order valence-electron chi connectivity index (χ3n) is 3.63. The van der Waals surface area contributed by atoms with Gasteiger partial charge in [0.15, 0.2) is 0 Å². The zero-order valence-electron chi connectivity index (χ0n) is 9.56. The lowest BCUT2D eigenvalue weighted by atomic mass is 9.90. The smallest absolute Gasteiger partial charge is 0.124 e. The standard InChI is InChI=1S/C13H16FNO2/c14-9-1-2-12-10(5-9)11(15)6-13(17-12)8-3-4-16-7-8/h1-2,5,8,11,13H,3-4,6-7,15H2/t8?,11-,13?/m0/s1. The summed E-state index contributed by atoms with van der Waals surface area (Å²) >= 11 is 0. The van der Waals surface area contributed by atoms with Gasteiger partial charge in [-0.3, -0.25) is 0 Å². The molecule has 0 saturated carbocycles. The van der Waals surface area contributed by atoms with Gasteiger partial charge in [-0.05, 0) is 24.6 Å². The van der Waals surface area contributed by atoms with Crippen LogP contribution in [0.15, 0.2) is 18.2 Å². The van der Waals surface area contributed by atoms with Gasteiger partial charge in [0.1, 0.15) is 17.7 Å². The fourth-order valence-corrected chi connectivity index (χ4v) is 2.64.